The summed E-state index contributed by atoms with van der Waals surface area (Å²) in [4.78, 5) is 60.3. The van der Waals surface area contributed by atoms with Crippen LogP contribution in [0.15, 0.2) is 48.5 Å². The van der Waals surface area contributed by atoms with Crippen molar-refractivity contribution in [3.8, 4) is 23.0 Å². The fourth-order valence-corrected chi connectivity index (χ4v) is 6.44. The molecule has 2 aromatic carbocycles. The van der Waals surface area contributed by atoms with Gasteiger partial charge in [-0.1, -0.05) is 48.5 Å². The minimum atomic E-state index is -0.746. The van der Waals surface area contributed by atoms with E-state index >= 15 is 0 Å². The molecule has 13 heteroatoms. The van der Waals surface area contributed by atoms with Crippen molar-refractivity contribution in [2.45, 2.75) is 31.6 Å². The van der Waals surface area contributed by atoms with Gasteiger partial charge in [0.1, 0.15) is 13.2 Å². The fourth-order valence-electron chi connectivity index (χ4n) is 6.44. The summed E-state index contributed by atoms with van der Waals surface area (Å²) in [6, 6.07) is 15.9. The Morgan fingerprint density at radius 1 is 0.612 bits per heavy atom. The van der Waals surface area contributed by atoms with E-state index < -0.39 is 29.9 Å². The number of rotatable bonds is 16. The first kappa shape index (κ1) is 35.2. The van der Waals surface area contributed by atoms with Crippen molar-refractivity contribution in [1.29, 1.82) is 0 Å². The van der Waals surface area contributed by atoms with Gasteiger partial charge in [-0.05, 0) is 52.8 Å². The minimum Gasteiger partial charge on any atom is -0.449 e. The monoisotopic (exact) mass is 673 g/mol. The second kappa shape index (κ2) is 17.9. The molecule has 13 nitrogen and oxygen atoms in total. The van der Waals surface area contributed by atoms with E-state index in [4.69, 9.17) is 14.2 Å². The van der Waals surface area contributed by atoms with Crippen molar-refractivity contribution in [2.24, 2.45) is 17.8 Å². The van der Waals surface area contributed by atoms with Gasteiger partial charge in [-0.2, -0.15) is 0 Å². The molecule has 3 aliphatic rings. The first-order chi connectivity index (χ1) is 23.9. The number of amides is 5. The molecule has 2 aromatic rings. The van der Waals surface area contributed by atoms with Gasteiger partial charge in [-0.3, -0.25) is 14.4 Å². The van der Waals surface area contributed by atoms with Gasteiger partial charge in [-0.25, -0.2) is 9.59 Å². The van der Waals surface area contributed by atoms with Crippen LogP contribution in [0, 0.1) is 29.6 Å². The number of nitrogens with one attached hydrogen (secondary N) is 5. The first-order valence-electron chi connectivity index (χ1n) is 16.7. The van der Waals surface area contributed by atoms with E-state index in [1.807, 2.05) is 48.5 Å². The Bertz CT molecular complexity index is 1510. The first-order valence-corrected chi connectivity index (χ1v) is 16.7. The van der Waals surface area contributed by atoms with Crippen molar-refractivity contribution in [2.75, 3.05) is 59.2 Å². The molecule has 0 aromatic heterocycles. The van der Waals surface area contributed by atoms with Gasteiger partial charge in [-0.15, -0.1) is 11.8 Å². The topological polar surface area (TPSA) is 173 Å². The Balaban J connectivity index is 0.834. The van der Waals surface area contributed by atoms with E-state index in [0.717, 1.165) is 47.9 Å². The van der Waals surface area contributed by atoms with Crippen molar-refractivity contribution in [3.05, 3.63) is 59.7 Å². The molecule has 5 N–H and O–H groups in total. The van der Waals surface area contributed by atoms with Crippen molar-refractivity contribution < 1.29 is 38.2 Å². The van der Waals surface area contributed by atoms with Crippen molar-refractivity contribution in [1.82, 2.24) is 26.6 Å². The lowest BCUT2D eigenvalue weighted by molar-refractivity contribution is -0.127. The highest BCUT2D eigenvalue weighted by Crippen LogP contribution is 2.52. The molecule has 0 bridgehead atoms. The summed E-state index contributed by atoms with van der Waals surface area (Å²) in [6.45, 7) is 0.483. The molecule has 1 fully saturated rings. The Morgan fingerprint density at radius 2 is 1.10 bits per heavy atom. The zero-order valence-electron chi connectivity index (χ0n) is 27.4. The predicted octanol–water partition coefficient (Wildman–Crippen LogP) is 2.06. The molecular weight excluding hydrogens is 630 g/mol. The standard InChI is InChI=1S/C36H43N5O8/c42-32(37-15-17-47-18-16-38-35(45)48-22-31-28-9-3-1-2-4-10-29(28)31)19-39-33(43)20-40-34(44)21-41-36(46)49-23-30-26-13-7-5-11-24(26)25-12-6-8-14-27(25)30/h5-8,11-14,28-31H,3-4,9-10,15-23H2,(H,37,42)(H,38,45)(H,39,43)(H,40,44)(H,41,46)/t28-,29+,31?. The lowest BCUT2D eigenvalue weighted by Gasteiger charge is -2.14. The number of fused-ring (bicyclic) bond motifs is 4. The third-order valence-electron chi connectivity index (χ3n) is 8.96. The summed E-state index contributed by atoms with van der Waals surface area (Å²) in [5, 5.41) is 12.4. The van der Waals surface area contributed by atoms with Gasteiger partial charge in [0.2, 0.25) is 17.7 Å². The zero-order valence-corrected chi connectivity index (χ0v) is 27.4. The Hall–Kier alpha value is -5.09. The molecular formula is C36H43N5O8. The molecule has 1 unspecified atom stereocenters. The lowest BCUT2D eigenvalue weighted by Crippen LogP contribution is -2.44. The van der Waals surface area contributed by atoms with E-state index in [-0.39, 0.29) is 58.5 Å². The van der Waals surface area contributed by atoms with Gasteiger partial charge in [0.25, 0.3) is 0 Å². The maximum Gasteiger partial charge on any atom is 0.407 e. The Morgan fingerprint density at radius 3 is 1.71 bits per heavy atom. The molecule has 3 aliphatic carbocycles. The highest BCUT2D eigenvalue weighted by molar-refractivity contribution is 5.89. The molecule has 3 atom stereocenters. The molecule has 260 valence electrons. The van der Waals surface area contributed by atoms with Crippen LogP contribution in [-0.4, -0.2) is 89.1 Å². The van der Waals surface area contributed by atoms with E-state index in [2.05, 4.69) is 38.4 Å². The van der Waals surface area contributed by atoms with E-state index in [1.165, 1.54) is 0 Å². The zero-order chi connectivity index (χ0) is 34.4. The van der Waals surface area contributed by atoms with Gasteiger partial charge in [0.05, 0.1) is 32.9 Å². The molecule has 0 radical (unpaired) electrons. The van der Waals surface area contributed by atoms with Crippen LogP contribution in [0.3, 0.4) is 0 Å². The molecule has 1 saturated carbocycles. The largest absolute Gasteiger partial charge is 0.449 e. The van der Waals surface area contributed by atoms with Crippen LogP contribution < -0.4 is 26.6 Å². The summed E-state index contributed by atoms with van der Waals surface area (Å²) in [7, 11) is 0. The number of hydrogen-bond acceptors (Lipinski definition) is 8. The summed E-state index contributed by atoms with van der Waals surface area (Å²) in [5.41, 5.74) is 4.38. The number of alkyl carbamates (subject to hydrolysis) is 2. The van der Waals surface area contributed by atoms with Crippen LogP contribution in [-0.2, 0) is 28.6 Å². The fraction of sp³-hybridized carbons (Fsp3) is 0.472. The van der Waals surface area contributed by atoms with E-state index in [9.17, 15) is 24.0 Å². The summed E-state index contributed by atoms with van der Waals surface area (Å²) >= 11 is 0. The average Bonchev–Trinajstić information content (AvgIpc) is 3.64. The normalized spacial score (nSPS) is 18.4. The van der Waals surface area contributed by atoms with E-state index in [1.54, 1.807) is 0 Å². The lowest BCUT2D eigenvalue weighted by atomic mass is 9.98. The van der Waals surface area contributed by atoms with Gasteiger partial charge in [0, 0.05) is 31.8 Å². The van der Waals surface area contributed by atoms with Gasteiger partial charge in [0.15, 0.2) is 0 Å². The SMILES string of the molecule is O=C(CNC(=O)CNC(=O)CNC(=O)OCC1c2ccccc2-c2ccccc21)NCCOCCNC(=O)OCC1[C@H]2CCC#CCC[C@@H]12. The van der Waals surface area contributed by atoms with Gasteiger partial charge >= 0.3 is 12.2 Å². The van der Waals surface area contributed by atoms with Crippen molar-refractivity contribution in [3.63, 3.8) is 0 Å². The molecule has 0 saturated heterocycles. The number of benzene rings is 2. The maximum absolute atomic E-state index is 12.3. The van der Waals surface area contributed by atoms with Crippen LogP contribution in [0.5, 0.6) is 0 Å². The summed E-state index contributed by atoms with van der Waals surface area (Å²) in [5.74, 6) is 6.32. The van der Waals surface area contributed by atoms with Crippen LogP contribution in [0.25, 0.3) is 11.1 Å². The number of carbonyl (C=O) groups is 5. The molecule has 0 heterocycles. The number of carbonyl (C=O) groups excluding carboxylic acids is 5. The van der Waals surface area contributed by atoms with Crippen LogP contribution in [0.4, 0.5) is 9.59 Å². The minimum absolute atomic E-state index is 0.104. The highest BCUT2D eigenvalue weighted by atomic mass is 16.6. The quantitative estimate of drug-likeness (QED) is 0.133. The number of ether oxygens (including phenoxy) is 3. The smallest absolute Gasteiger partial charge is 0.407 e. The molecule has 0 aliphatic heterocycles. The third-order valence-corrected chi connectivity index (χ3v) is 8.96. The molecule has 5 rings (SSSR count). The van der Waals surface area contributed by atoms with Crippen LogP contribution in [0.1, 0.15) is 42.7 Å². The Labute approximate surface area is 285 Å². The summed E-state index contributed by atoms with van der Waals surface area (Å²) < 4.78 is 16.2. The average molecular weight is 674 g/mol. The third kappa shape index (κ3) is 10.4. The van der Waals surface area contributed by atoms with Crippen LogP contribution >= 0.6 is 0 Å². The van der Waals surface area contributed by atoms with Crippen LogP contribution in [0.2, 0.25) is 0 Å². The van der Waals surface area contributed by atoms with Crippen molar-refractivity contribution >= 4 is 29.9 Å². The Kier molecular flexibility index (Phi) is 12.9. The summed E-state index contributed by atoms with van der Waals surface area (Å²) in [6.07, 6.45) is 2.79. The maximum atomic E-state index is 12.3. The molecule has 49 heavy (non-hydrogen) atoms. The molecule has 0 spiro atoms. The second-order valence-electron chi connectivity index (χ2n) is 12.1. The number of hydrogen-bond donors (Lipinski definition) is 5. The second-order valence-corrected chi connectivity index (χ2v) is 12.1. The molecule has 5 amide bonds. The van der Waals surface area contributed by atoms with Gasteiger partial charge < -0.3 is 40.8 Å². The predicted molar refractivity (Wildman–Crippen MR) is 179 cm³/mol. The van der Waals surface area contributed by atoms with E-state index in [0.29, 0.717) is 24.4 Å². The highest BCUT2D eigenvalue weighted by Gasteiger charge is 2.49.